The van der Waals surface area contributed by atoms with Gasteiger partial charge in [-0.2, -0.15) is 0 Å². The van der Waals surface area contributed by atoms with Gasteiger partial charge in [-0.15, -0.1) is 0 Å². The molecule has 0 radical (unpaired) electrons. The van der Waals surface area contributed by atoms with Gasteiger partial charge in [0.15, 0.2) is 50.3 Å². The molecular weight excluding hydrogens is 1380 g/mol. The molecule has 8 saturated heterocycles. The van der Waals surface area contributed by atoms with E-state index >= 15 is 0 Å². The van der Waals surface area contributed by atoms with Crippen LogP contribution in [0.1, 0.15) is 0 Å². The van der Waals surface area contributed by atoms with Crippen LogP contribution in [0.4, 0.5) is 0 Å². The molecule has 46 heteroatoms. The minimum absolute atomic E-state index is 0.737. The molecule has 0 aromatic carbocycles. The number of aliphatic hydroxyl groups excluding tert-OH is 30. The molecule has 8 fully saturated rings. The van der Waals surface area contributed by atoms with Gasteiger partial charge in [-0.05, 0) is 0 Å². The van der Waals surface area contributed by atoms with E-state index in [2.05, 4.69) is 0 Å². The first-order valence-electron chi connectivity index (χ1n) is 31.6. The zero-order valence-electron chi connectivity index (χ0n) is 52.4. The number of rotatable bonds is 29. The van der Waals surface area contributed by atoms with Gasteiger partial charge in [0.25, 0.3) is 0 Å². The highest BCUT2D eigenvalue weighted by atomic mass is 16.8. The van der Waals surface area contributed by atoms with Gasteiger partial charge < -0.3 is 229 Å². The van der Waals surface area contributed by atoms with Crippen molar-refractivity contribution in [2.24, 2.45) is 0 Å². The summed E-state index contributed by atoms with van der Waals surface area (Å²) in [4.78, 5) is 0. The first-order valence-corrected chi connectivity index (χ1v) is 31.6. The Hall–Kier alpha value is -1.84. The first kappa shape index (κ1) is 83.8. The molecule has 46 nitrogen and oxygen atoms in total. The second-order valence-corrected chi connectivity index (χ2v) is 25.3. The van der Waals surface area contributed by atoms with Gasteiger partial charge in [-0.25, -0.2) is 0 Å². The molecule has 0 aromatic rings. The summed E-state index contributed by atoms with van der Waals surface area (Å²) in [6.07, 6.45) is -84.8. The molecule has 0 amide bonds. The Labute approximate surface area is 564 Å². The van der Waals surface area contributed by atoms with Crippen LogP contribution in [0, 0.1) is 0 Å². The minimum Gasteiger partial charge on any atom is -0.394 e. The maximum Gasteiger partial charge on any atom is 0.186 e. The lowest BCUT2D eigenvalue weighted by molar-refractivity contribution is -0.354. The number of ether oxygens (including phenoxy) is 16. The van der Waals surface area contributed by atoms with Crippen molar-refractivity contribution in [3.05, 3.63) is 0 Å². The highest BCUT2D eigenvalue weighted by Crippen LogP contribution is 2.34. The van der Waals surface area contributed by atoms with Crippen molar-refractivity contribution in [2.75, 3.05) is 66.1 Å². The molecule has 586 valence electrons. The highest BCUT2D eigenvalue weighted by Gasteiger charge is 2.55. The summed E-state index contributed by atoms with van der Waals surface area (Å²) in [6, 6.07) is 0. The maximum atomic E-state index is 10.9. The topological polar surface area (TPSA) is 755 Å². The van der Waals surface area contributed by atoms with E-state index in [1.165, 1.54) is 0 Å². The van der Waals surface area contributed by atoms with Crippen molar-refractivity contribution in [1.29, 1.82) is 0 Å². The largest absolute Gasteiger partial charge is 0.394 e. The van der Waals surface area contributed by atoms with Crippen LogP contribution in [-0.4, -0.2) is 489 Å². The summed E-state index contributed by atoms with van der Waals surface area (Å²) in [5.41, 5.74) is 0. The van der Waals surface area contributed by atoms with E-state index in [1.807, 2.05) is 0 Å². The molecule has 8 aliphatic rings. The average Bonchev–Trinajstić information content (AvgIpc) is 0.821. The van der Waals surface area contributed by atoms with Gasteiger partial charge in [-0.1, -0.05) is 0 Å². The Balaban J connectivity index is 0.805. The Kier molecular flexibility index (Phi) is 30.9. The second-order valence-electron chi connectivity index (χ2n) is 25.3. The smallest absolute Gasteiger partial charge is 0.186 e. The molecule has 0 unspecified atom stereocenters. The third-order valence-electron chi connectivity index (χ3n) is 18.3. The molecule has 0 aliphatic carbocycles. The molecule has 0 saturated carbocycles. The molecule has 0 aromatic heterocycles. The SMILES string of the molecule is OC[C@H](O)[C@@H](O)[C@H](O)[C@H](O)CO[C@H]1O[C@H](CO[C@H]2O[C@H](CO[C@H]3O[C@H](CO[C@H]4O[C@H](CO[C@H]5O[C@H](CO[C@H]6O[C@H](CO[C@H]7O[C@H](CO[C@H]8O[C@H](CO)[C@@H](O)[C@H](O)[C@H]8O)[C@@H](O)[C@H](O)[C@H]7O)[C@@H](O)[C@H](O)[C@H]6O)[C@@H](O)[C@H](O)[C@H]5O)[C@@H](O)[C@H](O)[C@H]4O)[C@@H](O)[C@H](O)[C@H]3O)[C@@H](O)[C@H](O)[C@H]2O)[C@@H](O)[C@H](O)[C@H]1O. The number of hydrogen-bond acceptors (Lipinski definition) is 46. The normalized spacial score (nSPS) is 50.3. The summed E-state index contributed by atoms with van der Waals surface area (Å²) in [5.74, 6) is 0. The standard InChI is InChI=1S/C54H94O46/c55-1-11(57)21(59)22(60)12(58)3-85-47-40(78)32(70)24(62)14(94-47)5-87-49-42(80)34(72)26(64)16(96-49)7-89-51-44(82)36(74)28(66)18(98-51)9-91-53-46(84)38(76)30(68)20(100-53)10-92-54-45(83)37(75)29(67)19(99-54)8-90-52-43(81)35(73)27(65)17(97-52)6-88-50-41(79)33(71)25(63)15(95-50)4-86-48-39(77)31(69)23(61)13(2-56)93-48/h11-84H,1-10H2/t11-,12+,13+,14+,15+,16+,17+,18+,19+,20+,21+,22+,23+,24+,25+,26+,27+,28+,29+,30+,31-,32-,33-,34-,35-,36-,37-,38-,39+,40+,41+,42+,43+,44+,45+,46+,47-,48-,49-,50-,51-,52-,53-,54-/m0/s1. The number of aliphatic hydroxyl groups is 30. The summed E-state index contributed by atoms with van der Waals surface area (Å²) in [6.45, 7) is -8.72. The van der Waals surface area contributed by atoms with Crippen molar-refractivity contribution in [1.82, 2.24) is 0 Å². The molecule has 100 heavy (non-hydrogen) atoms. The second kappa shape index (κ2) is 36.8. The fourth-order valence-corrected chi connectivity index (χ4v) is 11.7. The molecule has 0 spiro atoms. The predicted molar refractivity (Wildman–Crippen MR) is 299 cm³/mol. The van der Waals surface area contributed by atoms with Gasteiger partial charge in [0.05, 0.1) is 66.1 Å². The van der Waals surface area contributed by atoms with E-state index in [1.54, 1.807) is 0 Å². The van der Waals surface area contributed by atoms with Gasteiger partial charge in [0.2, 0.25) is 0 Å². The Morgan fingerprint density at radius 2 is 0.360 bits per heavy atom. The van der Waals surface area contributed by atoms with Crippen LogP contribution in [0.25, 0.3) is 0 Å². The number of hydrogen-bond donors (Lipinski definition) is 30. The Morgan fingerprint density at radius 3 is 0.540 bits per heavy atom. The first-order chi connectivity index (χ1) is 47.1. The lowest BCUT2D eigenvalue weighted by Crippen LogP contribution is -2.63. The zero-order chi connectivity index (χ0) is 73.8. The summed E-state index contributed by atoms with van der Waals surface area (Å²) < 4.78 is 88.3. The summed E-state index contributed by atoms with van der Waals surface area (Å²) in [7, 11) is 0. The van der Waals surface area contributed by atoms with Crippen molar-refractivity contribution in [3.8, 4) is 0 Å². The van der Waals surface area contributed by atoms with Crippen LogP contribution in [0.5, 0.6) is 0 Å². The van der Waals surface area contributed by atoms with Crippen molar-refractivity contribution >= 4 is 0 Å². The molecule has 8 aliphatic heterocycles. The van der Waals surface area contributed by atoms with E-state index < -0.39 is 336 Å². The quantitative estimate of drug-likeness (QED) is 0.0331. The van der Waals surface area contributed by atoms with Crippen LogP contribution in [0.3, 0.4) is 0 Å². The maximum absolute atomic E-state index is 10.9. The Bertz CT molecular complexity index is 2410. The van der Waals surface area contributed by atoms with Crippen molar-refractivity contribution in [3.63, 3.8) is 0 Å². The summed E-state index contributed by atoms with van der Waals surface area (Å²) in [5, 5.41) is 315. The predicted octanol–water partition coefficient (Wildman–Crippen LogP) is -21.0. The van der Waals surface area contributed by atoms with E-state index in [9.17, 15) is 148 Å². The van der Waals surface area contributed by atoms with Gasteiger partial charge >= 0.3 is 0 Å². The molecule has 30 N–H and O–H groups in total. The van der Waals surface area contributed by atoms with E-state index in [-0.39, 0.29) is 0 Å². The molecule has 0 bridgehead atoms. The minimum atomic E-state index is -2.12. The molecular formula is C54H94O46. The van der Waals surface area contributed by atoms with Crippen LogP contribution < -0.4 is 0 Å². The lowest BCUT2D eigenvalue weighted by Gasteiger charge is -2.45. The summed E-state index contributed by atoms with van der Waals surface area (Å²) >= 11 is 0. The lowest BCUT2D eigenvalue weighted by atomic mass is 9.97. The molecule has 8 rings (SSSR count). The fourth-order valence-electron chi connectivity index (χ4n) is 11.7. The van der Waals surface area contributed by atoms with E-state index in [4.69, 9.17) is 80.9 Å². The van der Waals surface area contributed by atoms with Crippen molar-refractivity contribution in [2.45, 2.75) is 270 Å². The van der Waals surface area contributed by atoms with Crippen LogP contribution in [-0.2, 0) is 75.8 Å². The average molecular weight is 1480 g/mol. The van der Waals surface area contributed by atoms with Gasteiger partial charge in [0, 0.05) is 0 Å². The Morgan fingerprint density at radius 1 is 0.200 bits per heavy atom. The molecule has 44 atom stereocenters. The van der Waals surface area contributed by atoms with Gasteiger partial charge in [-0.3, -0.25) is 0 Å². The highest BCUT2D eigenvalue weighted by molar-refractivity contribution is 4.98. The van der Waals surface area contributed by atoms with E-state index in [0.29, 0.717) is 0 Å². The molecule has 8 heterocycles. The van der Waals surface area contributed by atoms with Crippen LogP contribution in [0.2, 0.25) is 0 Å². The van der Waals surface area contributed by atoms with Crippen molar-refractivity contribution < 1.29 is 229 Å². The van der Waals surface area contributed by atoms with E-state index in [0.717, 1.165) is 0 Å². The third kappa shape index (κ3) is 19.0. The van der Waals surface area contributed by atoms with Gasteiger partial charge in [0.1, 0.15) is 220 Å². The zero-order valence-corrected chi connectivity index (χ0v) is 52.4. The monoisotopic (exact) mass is 1480 g/mol. The van der Waals surface area contributed by atoms with Crippen LogP contribution in [0.15, 0.2) is 0 Å². The third-order valence-corrected chi connectivity index (χ3v) is 18.3. The van der Waals surface area contributed by atoms with Crippen LogP contribution >= 0.6 is 0 Å². The fraction of sp³-hybridized carbons (Fsp3) is 1.00.